The molecule has 0 unspecified atom stereocenters. The molecule has 1 aliphatic rings. The van der Waals surface area contributed by atoms with Crippen molar-refractivity contribution in [1.29, 1.82) is 0 Å². The maximum atomic E-state index is 11.8. The van der Waals surface area contributed by atoms with Crippen LogP contribution < -0.4 is 0 Å². The van der Waals surface area contributed by atoms with E-state index in [9.17, 15) is 4.79 Å². The summed E-state index contributed by atoms with van der Waals surface area (Å²) in [5.41, 5.74) is 0. The average Bonchev–Trinajstić information content (AvgIpc) is 2.70. The first-order chi connectivity index (χ1) is 9.91. The number of ether oxygens (including phenoxy) is 3. The first-order valence-electron chi connectivity index (χ1n) is 7.70. The van der Waals surface area contributed by atoms with E-state index >= 15 is 0 Å². The number of hydrogen-bond acceptors (Lipinski definition) is 4. The second-order valence-corrected chi connectivity index (χ2v) is 5.84. The number of hydrogen-bond donors (Lipinski definition) is 0. The molecule has 21 heavy (non-hydrogen) atoms. The van der Waals surface area contributed by atoms with E-state index in [0.717, 1.165) is 12.8 Å². The zero-order valence-electron chi connectivity index (χ0n) is 13.5. The Balaban J connectivity index is 2.58. The predicted molar refractivity (Wildman–Crippen MR) is 82.9 cm³/mol. The zero-order valence-corrected chi connectivity index (χ0v) is 13.5. The van der Waals surface area contributed by atoms with Crippen molar-refractivity contribution < 1.29 is 19.0 Å². The van der Waals surface area contributed by atoms with E-state index in [2.05, 4.69) is 20.1 Å². The molecule has 1 aliphatic heterocycles. The molecule has 4 heteroatoms. The van der Waals surface area contributed by atoms with Gasteiger partial charge in [-0.3, -0.25) is 4.79 Å². The monoisotopic (exact) mass is 296 g/mol. The second kappa shape index (κ2) is 8.35. The molecule has 1 heterocycles. The number of carbonyl (C=O) groups is 1. The Kier molecular flexibility index (Phi) is 7.12. The van der Waals surface area contributed by atoms with Gasteiger partial charge in [0.05, 0.1) is 6.10 Å². The number of rotatable bonds is 9. The van der Waals surface area contributed by atoms with Crippen LogP contribution in [0.4, 0.5) is 0 Å². The van der Waals surface area contributed by atoms with E-state index in [0.29, 0.717) is 19.3 Å². The van der Waals surface area contributed by atoms with E-state index < -0.39 is 5.79 Å². The minimum atomic E-state index is -0.618. The van der Waals surface area contributed by atoms with Gasteiger partial charge >= 0.3 is 5.97 Å². The molecule has 120 valence electrons. The normalized spacial score (nSPS) is 25.3. The lowest BCUT2D eigenvalue weighted by Gasteiger charge is -2.22. The predicted octanol–water partition coefficient (Wildman–Crippen LogP) is 3.76. The topological polar surface area (TPSA) is 44.8 Å². The molecular weight excluding hydrogens is 268 g/mol. The fourth-order valence-corrected chi connectivity index (χ4v) is 2.52. The van der Waals surface area contributed by atoms with Crippen LogP contribution in [-0.4, -0.2) is 30.1 Å². The van der Waals surface area contributed by atoms with Crippen LogP contribution in [0.15, 0.2) is 25.3 Å². The summed E-state index contributed by atoms with van der Waals surface area (Å²) in [6.07, 6.45) is 6.48. The van der Waals surface area contributed by atoms with E-state index in [1.165, 1.54) is 0 Å². The summed E-state index contributed by atoms with van der Waals surface area (Å²) in [5.74, 6) is -0.797. The highest BCUT2D eigenvalue weighted by Crippen LogP contribution is 2.32. The van der Waals surface area contributed by atoms with Gasteiger partial charge < -0.3 is 14.2 Å². The SMILES string of the molecule is C=CCCC(=O)O[C@H](CCC)C[C@H]1OC(C)(C)O[C@H]1C=C. The number of esters is 1. The van der Waals surface area contributed by atoms with Crippen molar-refractivity contribution in [2.75, 3.05) is 0 Å². The van der Waals surface area contributed by atoms with Crippen molar-refractivity contribution in [3.63, 3.8) is 0 Å². The molecule has 0 bridgehead atoms. The highest BCUT2D eigenvalue weighted by molar-refractivity contribution is 5.69. The summed E-state index contributed by atoms with van der Waals surface area (Å²) >= 11 is 0. The number of allylic oxidation sites excluding steroid dienone is 1. The summed E-state index contributed by atoms with van der Waals surface area (Å²) in [6.45, 7) is 13.2. The van der Waals surface area contributed by atoms with Crippen molar-refractivity contribution in [1.82, 2.24) is 0 Å². The third-order valence-electron chi connectivity index (χ3n) is 3.41. The van der Waals surface area contributed by atoms with Gasteiger partial charge in [-0.05, 0) is 26.7 Å². The first kappa shape index (κ1) is 17.9. The van der Waals surface area contributed by atoms with Gasteiger partial charge in [0.1, 0.15) is 12.2 Å². The summed E-state index contributed by atoms with van der Waals surface area (Å²) in [6, 6.07) is 0. The first-order valence-corrected chi connectivity index (χ1v) is 7.70. The third kappa shape index (κ3) is 6.02. The standard InChI is InChI=1S/C17H28O4/c1-6-9-11-16(18)19-13(10-7-2)12-15-14(8-3)20-17(4,5)21-15/h6,8,13-15H,1,3,7,9-12H2,2,4-5H3/t13-,14+,15-/m1/s1. The Morgan fingerprint density at radius 2 is 2.10 bits per heavy atom. The van der Waals surface area contributed by atoms with Crippen molar-refractivity contribution in [2.45, 2.75) is 77.0 Å². The van der Waals surface area contributed by atoms with E-state index in [1.54, 1.807) is 12.2 Å². The molecule has 0 N–H and O–H groups in total. The lowest BCUT2D eigenvalue weighted by molar-refractivity contribution is -0.155. The Labute approximate surface area is 128 Å². The van der Waals surface area contributed by atoms with E-state index in [-0.39, 0.29) is 24.3 Å². The van der Waals surface area contributed by atoms with Crippen LogP contribution in [0.1, 0.15) is 52.9 Å². The van der Waals surface area contributed by atoms with Gasteiger partial charge in [-0.2, -0.15) is 0 Å². The van der Waals surface area contributed by atoms with Crippen molar-refractivity contribution in [2.24, 2.45) is 0 Å². The summed E-state index contributed by atoms with van der Waals surface area (Å²) in [5, 5.41) is 0. The Morgan fingerprint density at radius 3 is 2.67 bits per heavy atom. The molecule has 0 aromatic heterocycles. The Bertz CT molecular complexity index is 362. The van der Waals surface area contributed by atoms with Crippen LogP contribution in [0.3, 0.4) is 0 Å². The summed E-state index contributed by atoms with van der Waals surface area (Å²) in [7, 11) is 0. The molecule has 1 saturated heterocycles. The highest BCUT2D eigenvalue weighted by Gasteiger charge is 2.40. The van der Waals surface area contributed by atoms with Crippen LogP contribution in [0.5, 0.6) is 0 Å². The molecule has 0 amide bonds. The quantitative estimate of drug-likeness (QED) is 0.480. The Hall–Kier alpha value is -1.13. The molecule has 4 nitrogen and oxygen atoms in total. The molecule has 1 rings (SSSR count). The molecule has 0 aromatic carbocycles. The lowest BCUT2D eigenvalue weighted by atomic mass is 10.0. The van der Waals surface area contributed by atoms with E-state index in [4.69, 9.17) is 14.2 Å². The zero-order chi connectivity index (χ0) is 15.9. The number of carbonyl (C=O) groups excluding carboxylic acids is 1. The molecule has 3 atom stereocenters. The maximum Gasteiger partial charge on any atom is 0.306 e. The molecule has 1 fully saturated rings. The van der Waals surface area contributed by atoms with Crippen LogP contribution in [0, 0.1) is 0 Å². The highest BCUT2D eigenvalue weighted by atomic mass is 16.7. The largest absolute Gasteiger partial charge is 0.462 e. The average molecular weight is 296 g/mol. The molecule has 0 radical (unpaired) electrons. The Morgan fingerprint density at radius 1 is 1.38 bits per heavy atom. The maximum absolute atomic E-state index is 11.8. The second-order valence-electron chi connectivity index (χ2n) is 5.84. The van der Waals surface area contributed by atoms with Crippen molar-refractivity contribution in [3.05, 3.63) is 25.3 Å². The molecule has 0 saturated carbocycles. The molecule has 0 aliphatic carbocycles. The van der Waals surface area contributed by atoms with Gasteiger partial charge in [0.25, 0.3) is 0 Å². The van der Waals surface area contributed by atoms with Gasteiger partial charge in [0.15, 0.2) is 5.79 Å². The van der Waals surface area contributed by atoms with Crippen LogP contribution >= 0.6 is 0 Å². The van der Waals surface area contributed by atoms with Gasteiger partial charge in [-0.25, -0.2) is 0 Å². The fourth-order valence-electron chi connectivity index (χ4n) is 2.52. The lowest BCUT2D eigenvalue weighted by Crippen LogP contribution is -2.29. The smallest absolute Gasteiger partial charge is 0.306 e. The van der Waals surface area contributed by atoms with Gasteiger partial charge in [0.2, 0.25) is 0 Å². The minimum absolute atomic E-state index is 0.124. The van der Waals surface area contributed by atoms with Crippen LogP contribution in [0.25, 0.3) is 0 Å². The van der Waals surface area contributed by atoms with Crippen molar-refractivity contribution >= 4 is 5.97 Å². The molecular formula is C17H28O4. The fraction of sp³-hybridized carbons (Fsp3) is 0.706. The van der Waals surface area contributed by atoms with Crippen LogP contribution in [-0.2, 0) is 19.0 Å². The summed E-state index contributed by atoms with van der Waals surface area (Å²) < 4.78 is 17.2. The van der Waals surface area contributed by atoms with Gasteiger partial charge in [0, 0.05) is 12.8 Å². The van der Waals surface area contributed by atoms with Gasteiger partial charge in [-0.15, -0.1) is 13.2 Å². The molecule has 0 spiro atoms. The minimum Gasteiger partial charge on any atom is -0.462 e. The molecule has 0 aromatic rings. The van der Waals surface area contributed by atoms with Gasteiger partial charge in [-0.1, -0.05) is 25.5 Å². The van der Waals surface area contributed by atoms with E-state index in [1.807, 2.05) is 13.8 Å². The third-order valence-corrected chi connectivity index (χ3v) is 3.41. The summed E-state index contributed by atoms with van der Waals surface area (Å²) in [4.78, 5) is 11.8. The van der Waals surface area contributed by atoms with Crippen molar-refractivity contribution in [3.8, 4) is 0 Å². The van der Waals surface area contributed by atoms with Crippen LogP contribution in [0.2, 0.25) is 0 Å².